The summed E-state index contributed by atoms with van der Waals surface area (Å²) in [5.74, 6) is -1.39. The van der Waals surface area contributed by atoms with E-state index in [9.17, 15) is 17.6 Å². The zero-order valence-corrected chi connectivity index (χ0v) is 11.3. The molecule has 1 aromatic rings. The number of primary sulfonamides is 1. The summed E-state index contributed by atoms with van der Waals surface area (Å²) in [7, 11) is -4.18. The van der Waals surface area contributed by atoms with Crippen LogP contribution in [0.3, 0.4) is 0 Å². The van der Waals surface area contributed by atoms with Crippen LogP contribution in [0.15, 0.2) is 23.1 Å². The smallest absolute Gasteiger partial charge is 0.251 e. The van der Waals surface area contributed by atoms with E-state index in [0.29, 0.717) is 0 Å². The van der Waals surface area contributed by atoms with Crippen molar-refractivity contribution in [2.45, 2.75) is 36.6 Å². The van der Waals surface area contributed by atoms with Gasteiger partial charge >= 0.3 is 0 Å². The van der Waals surface area contributed by atoms with Crippen LogP contribution in [0, 0.1) is 5.82 Å². The molecule has 0 atom stereocenters. The summed E-state index contributed by atoms with van der Waals surface area (Å²) >= 11 is 0. The number of rotatable bonds is 3. The molecule has 0 unspecified atom stereocenters. The number of nitrogens with one attached hydrogen (secondary N) is 1. The quantitative estimate of drug-likeness (QED) is 0.873. The summed E-state index contributed by atoms with van der Waals surface area (Å²) in [5, 5.41) is 7.70. The van der Waals surface area contributed by atoms with E-state index < -0.39 is 26.6 Å². The molecule has 0 radical (unpaired) electrons. The summed E-state index contributed by atoms with van der Waals surface area (Å²) < 4.78 is 35.7. The lowest BCUT2D eigenvalue weighted by Crippen LogP contribution is -2.50. The summed E-state index contributed by atoms with van der Waals surface area (Å²) in [5.41, 5.74) is -0.175. The van der Waals surface area contributed by atoms with Crippen molar-refractivity contribution in [3.05, 3.63) is 29.6 Å². The number of carbonyl (C=O) groups is 1. The number of sulfonamides is 1. The highest BCUT2D eigenvalue weighted by Gasteiger charge is 2.33. The molecule has 1 saturated carbocycles. The topological polar surface area (TPSA) is 89.3 Å². The normalized spacial score (nSPS) is 17.6. The van der Waals surface area contributed by atoms with Crippen molar-refractivity contribution in [2.75, 3.05) is 0 Å². The molecule has 3 N–H and O–H groups in total. The van der Waals surface area contributed by atoms with Gasteiger partial charge in [-0.3, -0.25) is 4.79 Å². The molecule has 1 amide bonds. The van der Waals surface area contributed by atoms with Gasteiger partial charge in [-0.15, -0.1) is 0 Å². The molecule has 1 aliphatic carbocycles. The van der Waals surface area contributed by atoms with Crippen molar-refractivity contribution in [1.82, 2.24) is 5.32 Å². The Bertz CT molecular complexity index is 624. The van der Waals surface area contributed by atoms with Crippen LogP contribution in [0.1, 0.15) is 36.5 Å². The molecule has 19 heavy (non-hydrogen) atoms. The Morgan fingerprint density at radius 1 is 1.42 bits per heavy atom. The minimum Gasteiger partial charge on any atom is -0.347 e. The standard InChI is InChI=1S/C12H15FN2O3S/c1-12(5-2-6-12)15-11(16)8-3-4-9(13)10(7-8)19(14,17)18/h3-4,7H,2,5-6H2,1H3,(H,15,16)(H2,14,17,18). The van der Waals surface area contributed by atoms with Gasteiger partial charge in [0, 0.05) is 11.1 Å². The second-order valence-electron chi connectivity index (χ2n) is 5.06. The molecule has 104 valence electrons. The molecule has 2 rings (SSSR count). The predicted molar refractivity (Wildman–Crippen MR) is 67.5 cm³/mol. The molecule has 1 fully saturated rings. The molecular weight excluding hydrogens is 271 g/mol. The zero-order chi connectivity index (χ0) is 14.3. The Kier molecular flexibility index (Phi) is 3.36. The lowest BCUT2D eigenvalue weighted by molar-refractivity contribution is 0.0850. The average Bonchev–Trinajstić information content (AvgIpc) is 2.25. The highest BCUT2D eigenvalue weighted by molar-refractivity contribution is 7.89. The van der Waals surface area contributed by atoms with Crippen LogP contribution in [0.25, 0.3) is 0 Å². The van der Waals surface area contributed by atoms with Crippen LogP contribution in [0.2, 0.25) is 0 Å². The fourth-order valence-electron chi connectivity index (χ4n) is 2.04. The molecule has 1 aliphatic rings. The van der Waals surface area contributed by atoms with Gasteiger partial charge in [0.1, 0.15) is 10.7 Å². The molecule has 5 nitrogen and oxygen atoms in total. The molecule has 7 heteroatoms. The second kappa shape index (κ2) is 4.57. The number of hydrogen-bond acceptors (Lipinski definition) is 3. The summed E-state index contributed by atoms with van der Waals surface area (Å²) in [4.78, 5) is 11.3. The largest absolute Gasteiger partial charge is 0.347 e. The molecule has 0 bridgehead atoms. The number of nitrogens with two attached hydrogens (primary N) is 1. The van der Waals surface area contributed by atoms with Crippen molar-refractivity contribution < 1.29 is 17.6 Å². The van der Waals surface area contributed by atoms with Crippen LogP contribution < -0.4 is 10.5 Å². The fraction of sp³-hybridized carbons (Fsp3) is 0.417. The van der Waals surface area contributed by atoms with Gasteiger partial charge in [0.05, 0.1) is 0 Å². The van der Waals surface area contributed by atoms with Crippen LogP contribution >= 0.6 is 0 Å². The molecule has 0 saturated heterocycles. The first-order valence-corrected chi connectivity index (χ1v) is 7.41. The maximum atomic E-state index is 13.4. The molecule has 0 spiro atoms. The Hall–Kier alpha value is -1.47. The molecule has 0 aliphatic heterocycles. The van der Waals surface area contributed by atoms with Gasteiger partial charge < -0.3 is 5.32 Å². The maximum Gasteiger partial charge on any atom is 0.251 e. The van der Waals surface area contributed by atoms with Gasteiger partial charge in [0.25, 0.3) is 5.91 Å². The molecule has 0 aromatic heterocycles. The summed E-state index contributed by atoms with van der Waals surface area (Å²) in [6.07, 6.45) is 2.80. The van der Waals surface area contributed by atoms with E-state index in [4.69, 9.17) is 5.14 Å². The third-order valence-electron chi connectivity index (χ3n) is 3.37. The van der Waals surface area contributed by atoms with E-state index in [1.807, 2.05) is 6.92 Å². The predicted octanol–water partition coefficient (Wildman–Crippen LogP) is 1.15. The van der Waals surface area contributed by atoms with E-state index in [1.54, 1.807) is 0 Å². The van der Waals surface area contributed by atoms with Gasteiger partial charge in [0.15, 0.2) is 0 Å². The van der Waals surface area contributed by atoms with E-state index in [-0.39, 0.29) is 11.1 Å². The lowest BCUT2D eigenvalue weighted by Gasteiger charge is -2.39. The van der Waals surface area contributed by atoms with Crippen molar-refractivity contribution >= 4 is 15.9 Å². The third kappa shape index (κ3) is 2.93. The number of halogens is 1. The second-order valence-corrected chi connectivity index (χ2v) is 6.59. The minimum absolute atomic E-state index is 0.0820. The summed E-state index contributed by atoms with van der Waals surface area (Å²) in [6, 6.07) is 3.13. The maximum absolute atomic E-state index is 13.4. The lowest BCUT2D eigenvalue weighted by atomic mass is 9.78. The Labute approximate surface area is 111 Å². The molecule has 1 aromatic carbocycles. The Morgan fingerprint density at radius 3 is 2.53 bits per heavy atom. The van der Waals surface area contributed by atoms with Crippen LogP contribution in [-0.2, 0) is 10.0 Å². The van der Waals surface area contributed by atoms with Gasteiger partial charge in [-0.1, -0.05) is 0 Å². The zero-order valence-electron chi connectivity index (χ0n) is 10.4. The highest BCUT2D eigenvalue weighted by Crippen LogP contribution is 2.31. The van der Waals surface area contributed by atoms with Crippen molar-refractivity contribution in [2.24, 2.45) is 5.14 Å². The fourth-order valence-corrected chi connectivity index (χ4v) is 2.67. The number of amides is 1. The van der Waals surface area contributed by atoms with E-state index in [1.165, 1.54) is 6.07 Å². The highest BCUT2D eigenvalue weighted by atomic mass is 32.2. The summed E-state index contributed by atoms with van der Waals surface area (Å²) in [6.45, 7) is 1.92. The first-order valence-electron chi connectivity index (χ1n) is 5.86. The molecular formula is C12H15FN2O3S. The number of carbonyl (C=O) groups excluding carboxylic acids is 1. The minimum atomic E-state index is -4.18. The van der Waals surface area contributed by atoms with Crippen molar-refractivity contribution in [3.8, 4) is 0 Å². The van der Waals surface area contributed by atoms with E-state index >= 15 is 0 Å². The molecule has 0 heterocycles. The van der Waals surface area contributed by atoms with Crippen molar-refractivity contribution in [1.29, 1.82) is 0 Å². The van der Waals surface area contributed by atoms with Gasteiger partial charge in [0.2, 0.25) is 10.0 Å². The van der Waals surface area contributed by atoms with Crippen LogP contribution in [0.4, 0.5) is 4.39 Å². The van der Waals surface area contributed by atoms with E-state index in [0.717, 1.165) is 31.4 Å². The SMILES string of the molecule is CC1(NC(=O)c2ccc(F)c(S(N)(=O)=O)c2)CCC1. The van der Waals surface area contributed by atoms with E-state index in [2.05, 4.69) is 5.32 Å². The third-order valence-corrected chi connectivity index (χ3v) is 4.30. The Balaban J connectivity index is 2.28. The van der Waals surface area contributed by atoms with Crippen LogP contribution in [-0.4, -0.2) is 19.9 Å². The van der Waals surface area contributed by atoms with Crippen LogP contribution in [0.5, 0.6) is 0 Å². The van der Waals surface area contributed by atoms with Crippen molar-refractivity contribution in [3.63, 3.8) is 0 Å². The first kappa shape index (κ1) is 14.0. The Morgan fingerprint density at radius 2 is 2.05 bits per heavy atom. The van der Waals surface area contributed by atoms with Gasteiger partial charge in [-0.05, 0) is 44.4 Å². The number of benzene rings is 1. The average molecular weight is 286 g/mol. The first-order chi connectivity index (χ1) is 8.71. The van der Waals surface area contributed by atoms with Gasteiger partial charge in [-0.2, -0.15) is 0 Å². The van der Waals surface area contributed by atoms with Gasteiger partial charge in [-0.25, -0.2) is 17.9 Å². The number of hydrogen-bond donors (Lipinski definition) is 2. The monoisotopic (exact) mass is 286 g/mol.